The second-order valence-electron chi connectivity index (χ2n) is 4.29. The van der Waals surface area contributed by atoms with Gasteiger partial charge >= 0.3 is 0 Å². The number of nitrogens with two attached hydrogens (primary N) is 1. The Bertz CT molecular complexity index is 411. The highest BCUT2D eigenvalue weighted by molar-refractivity contribution is 6.29. The van der Waals surface area contributed by atoms with Crippen LogP contribution in [0.1, 0.15) is 20.3 Å². The van der Waals surface area contributed by atoms with Crippen LogP contribution in [-0.4, -0.2) is 18.1 Å². The molecule has 0 aromatic carbocycles. The Kier molecular flexibility index (Phi) is 5.05. The summed E-state index contributed by atoms with van der Waals surface area (Å²) in [5.74, 6) is 1.13. The summed E-state index contributed by atoms with van der Waals surface area (Å²) in [4.78, 5) is 6.24. The summed E-state index contributed by atoms with van der Waals surface area (Å²) in [6, 6.07) is 5.54. The predicted octanol–water partition coefficient (Wildman–Crippen LogP) is 2.69. The zero-order valence-corrected chi connectivity index (χ0v) is 10.9. The molecule has 0 aliphatic carbocycles. The molecule has 0 radical (unpaired) electrons. The monoisotopic (exact) mass is 252 g/mol. The third-order valence-electron chi connectivity index (χ3n) is 2.25. The number of pyridine rings is 1. The first kappa shape index (κ1) is 13.6. The van der Waals surface area contributed by atoms with Gasteiger partial charge in [-0.25, -0.2) is 4.98 Å². The first-order valence-electron chi connectivity index (χ1n) is 5.58. The van der Waals surface area contributed by atoms with E-state index in [9.17, 15) is 0 Å². The maximum absolute atomic E-state index is 8.67. The van der Waals surface area contributed by atoms with E-state index in [1.807, 2.05) is 4.90 Å². The molecule has 4 nitrogen and oxygen atoms in total. The molecule has 0 aliphatic rings. The van der Waals surface area contributed by atoms with Crippen LogP contribution in [0.3, 0.4) is 0 Å². The fraction of sp³-hybridized carbons (Fsp3) is 0.500. The minimum atomic E-state index is 0.417. The number of nitrogens with zero attached hydrogens (tertiary/aromatic N) is 3. The van der Waals surface area contributed by atoms with Gasteiger partial charge in [0, 0.05) is 13.1 Å². The molecule has 0 spiro atoms. The molecule has 1 aromatic rings. The van der Waals surface area contributed by atoms with E-state index in [4.69, 9.17) is 22.6 Å². The van der Waals surface area contributed by atoms with Crippen molar-refractivity contribution in [3.8, 4) is 6.07 Å². The highest BCUT2D eigenvalue weighted by atomic mass is 35.5. The summed E-state index contributed by atoms with van der Waals surface area (Å²) in [5, 5.41) is 9.08. The molecule has 92 valence electrons. The molecule has 0 saturated heterocycles. The van der Waals surface area contributed by atoms with Crippen LogP contribution < -0.4 is 10.6 Å². The number of halogens is 1. The van der Waals surface area contributed by atoms with Crippen molar-refractivity contribution in [3.05, 3.63) is 17.3 Å². The van der Waals surface area contributed by atoms with Gasteiger partial charge in [-0.1, -0.05) is 25.4 Å². The predicted molar refractivity (Wildman–Crippen MR) is 70.9 cm³/mol. The van der Waals surface area contributed by atoms with Gasteiger partial charge in [0.15, 0.2) is 5.82 Å². The highest BCUT2D eigenvalue weighted by Crippen LogP contribution is 2.23. The van der Waals surface area contributed by atoms with Crippen LogP contribution in [0.25, 0.3) is 0 Å². The lowest BCUT2D eigenvalue weighted by Gasteiger charge is -2.25. The molecule has 5 heteroatoms. The number of nitrogen functional groups attached to an aromatic ring is 1. The van der Waals surface area contributed by atoms with Crippen LogP contribution in [0.4, 0.5) is 11.5 Å². The molecule has 0 atom stereocenters. The van der Waals surface area contributed by atoms with E-state index in [1.54, 1.807) is 12.1 Å². The second kappa shape index (κ2) is 6.31. The Hall–Kier alpha value is -1.47. The molecule has 0 unspecified atom stereocenters. The summed E-state index contributed by atoms with van der Waals surface area (Å²) in [6.45, 7) is 5.64. The second-order valence-corrected chi connectivity index (χ2v) is 4.68. The largest absolute Gasteiger partial charge is 0.396 e. The van der Waals surface area contributed by atoms with E-state index in [0.29, 0.717) is 35.5 Å². The van der Waals surface area contributed by atoms with Crippen LogP contribution in [0.5, 0.6) is 0 Å². The molecule has 0 bridgehead atoms. The van der Waals surface area contributed by atoms with E-state index in [2.05, 4.69) is 24.9 Å². The lowest BCUT2D eigenvalue weighted by Crippen LogP contribution is -2.30. The normalized spacial score (nSPS) is 10.3. The van der Waals surface area contributed by atoms with Crippen LogP contribution in [-0.2, 0) is 0 Å². The molecule has 2 N–H and O–H groups in total. The molecule has 17 heavy (non-hydrogen) atoms. The van der Waals surface area contributed by atoms with Gasteiger partial charge in [0.1, 0.15) is 5.15 Å². The van der Waals surface area contributed by atoms with Crippen LogP contribution in [0, 0.1) is 17.2 Å². The van der Waals surface area contributed by atoms with E-state index in [1.165, 1.54) is 0 Å². The average molecular weight is 253 g/mol. The molecule has 0 aliphatic heterocycles. The van der Waals surface area contributed by atoms with Gasteiger partial charge in [-0.15, -0.1) is 0 Å². The number of anilines is 2. The molecule has 1 aromatic heterocycles. The first-order valence-corrected chi connectivity index (χ1v) is 5.96. The number of hydrogen-bond donors (Lipinski definition) is 1. The van der Waals surface area contributed by atoms with Crippen LogP contribution >= 0.6 is 11.6 Å². The summed E-state index contributed by atoms with van der Waals surface area (Å²) in [5.41, 5.74) is 6.48. The maximum atomic E-state index is 8.67. The van der Waals surface area contributed by atoms with Crippen molar-refractivity contribution in [2.45, 2.75) is 20.3 Å². The number of aromatic nitrogens is 1. The Morgan fingerprint density at radius 3 is 2.82 bits per heavy atom. The van der Waals surface area contributed by atoms with Gasteiger partial charge in [0.05, 0.1) is 18.2 Å². The molecule has 0 saturated carbocycles. The lowest BCUT2D eigenvalue weighted by atomic mass is 10.2. The van der Waals surface area contributed by atoms with Crippen molar-refractivity contribution in [1.82, 2.24) is 4.98 Å². The van der Waals surface area contributed by atoms with E-state index in [0.717, 1.165) is 6.54 Å². The van der Waals surface area contributed by atoms with Crippen LogP contribution in [0.2, 0.25) is 5.15 Å². The fourth-order valence-corrected chi connectivity index (χ4v) is 1.74. The highest BCUT2D eigenvalue weighted by Gasteiger charge is 2.13. The van der Waals surface area contributed by atoms with E-state index < -0.39 is 0 Å². The average Bonchev–Trinajstić information content (AvgIpc) is 2.27. The molecule has 0 amide bonds. The van der Waals surface area contributed by atoms with Crippen molar-refractivity contribution in [2.24, 2.45) is 5.92 Å². The van der Waals surface area contributed by atoms with Gasteiger partial charge in [-0.05, 0) is 18.1 Å². The van der Waals surface area contributed by atoms with Crippen molar-refractivity contribution < 1.29 is 0 Å². The van der Waals surface area contributed by atoms with Crippen molar-refractivity contribution in [3.63, 3.8) is 0 Å². The smallest absolute Gasteiger partial charge is 0.153 e. The quantitative estimate of drug-likeness (QED) is 0.819. The lowest BCUT2D eigenvalue weighted by molar-refractivity contribution is 0.608. The summed E-state index contributed by atoms with van der Waals surface area (Å²) < 4.78 is 0. The Morgan fingerprint density at radius 1 is 1.53 bits per heavy atom. The van der Waals surface area contributed by atoms with Gasteiger partial charge in [-0.3, -0.25) is 0 Å². The minimum Gasteiger partial charge on any atom is -0.396 e. The third-order valence-corrected chi connectivity index (χ3v) is 2.46. The molecule has 1 heterocycles. The SMILES string of the molecule is CC(C)CN(CCC#N)c1nc(Cl)ccc1N. The van der Waals surface area contributed by atoms with E-state index in [-0.39, 0.29) is 0 Å². The Morgan fingerprint density at radius 2 is 2.24 bits per heavy atom. The van der Waals surface area contributed by atoms with Crippen molar-refractivity contribution in [2.75, 3.05) is 23.7 Å². The van der Waals surface area contributed by atoms with Crippen LogP contribution in [0.15, 0.2) is 12.1 Å². The van der Waals surface area contributed by atoms with Gasteiger partial charge in [0.2, 0.25) is 0 Å². The van der Waals surface area contributed by atoms with Gasteiger partial charge in [0.25, 0.3) is 0 Å². The van der Waals surface area contributed by atoms with Crippen molar-refractivity contribution >= 4 is 23.1 Å². The summed E-state index contributed by atoms with van der Waals surface area (Å²) >= 11 is 5.87. The summed E-state index contributed by atoms with van der Waals surface area (Å²) in [6.07, 6.45) is 0.445. The first-order chi connectivity index (χ1) is 8.04. The Labute approximate surface area is 107 Å². The third kappa shape index (κ3) is 4.12. The Balaban J connectivity index is 2.94. The molecule has 1 rings (SSSR count). The number of hydrogen-bond acceptors (Lipinski definition) is 4. The molecular formula is C12H17ClN4. The van der Waals surface area contributed by atoms with Gasteiger partial charge < -0.3 is 10.6 Å². The number of nitriles is 1. The maximum Gasteiger partial charge on any atom is 0.153 e. The molecular weight excluding hydrogens is 236 g/mol. The zero-order chi connectivity index (χ0) is 12.8. The zero-order valence-electron chi connectivity index (χ0n) is 10.2. The fourth-order valence-electron chi connectivity index (χ4n) is 1.60. The van der Waals surface area contributed by atoms with Gasteiger partial charge in [-0.2, -0.15) is 5.26 Å². The molecule has 0 fully saturated rings. The van der Waals surface area contributed by atoms with E-state index >= 15 is 0 Å². The number of rotatable bonds is 5. The topological polar surface area (TPSA) is 65.9 Å². The van der Waals surface area contributed by atoms with Crippen molar-refractivity contribution in [1.29, 1.82) is 5.26 Å². The minimum absolute atomic E-state index is 0.417. The summed E-state index contributed by atoms with van der Waals surface area (Å²) in [7, 11) is 0. The standard InChI is InChI=1S/C12H17ClN4/c1-9(2)8-17(7-3-6-14)12-10(15)4-5-11(13)16-12/h4-5,9H,3,7-8,15H2,1-2H3.